The number of carbonyl (C=O) groups excluding carboxylic acids is 1. The number of hydrogen-bond acceptors (Lipinski definition) is 5. The van der Waals surface area contributed by atoms with Crippen LogP contribution in [0.25, 0.3) is 0 Å². The van der Waals surface area contributed by atoms with Crippen LogP contribution in [0.2, 0.25) is 4.34 Å². The molecule has 0 saturated carbocycles. The summed E-state index contributed by atoms with van der Waals surface area (Å²) in [6.07, 6.45) is 1.82. The molecule has 0 unspecified atom stereocenters. The first-order valence-corrected chi connectivity index (χ1v) is 10.3. The quantitative estimate of drug-likeness (QED) is 0.866. The maximum absolute atomic E-state index is 13.0. The van der Waals surface area contributed by atoms with Crippen LogP contribution in [0.3, 0.4) is 0 Å². The molecule has 1 aromatic heterocycles. The van der Waals surface area contributed by atoms with Crippen LogP contribution in [0.1, 0.15) is 24.6 Å². The van der Waals surface area contributed by atoms with Crippen molar-refractivity contribution in [1.29, 1.82) is 0 Å². The van der Waals surface area contributed by atoms with Crippen molar-refractivity contribution in [3.05, 3.63) is 21.3 Å². The van der Waals surface area contributed by atoms with E-state index in [1.807, 2.05) is 13.0 Å². The standard InChI is InChI=1S/C14H21ClN2O3S2/c1-3-17(10-11-4-5-12(15)21-11)13(18)14(22(2,19)20)6-8-16-9-7-14/h4-5,16H,3,6-10H2,1-2H3. The third-order valence-electron chi connectivity index (χ3n) is 4.16. The monoisotopic (exact) mass is 364 g/mol. The number of nitrogens with zero attached hydrogens (tertiary/aromatic N) is 1. The second-order valence-electron chi connectivity index (χ2n) is 5.54. The highest BCUT2D eigenvalue weighted by Gasteiger charge is 2.50. The molecule has 1 aliphatic heterocycles. The topological polar surface area (TPSA) is 66.5 Å². The van der Waals surface area contributed by atoms with Gasteiger partial charge in [-0.3, -0.25) is 4.79 Å². The van der Waals surface area contributed by atoms with Gasteiger partial charge in [0.25, 0.3) is 0 Å². The molecule has 5 nitrogen and oxygen atoms in total. The SMILES string of the molecule is CCN(Cc1ccc(Cl)s1)C(=O)C1(S(C)(=O)=O)CCNCC1. The molecule has 0 radical (unpaired) electrons. The van der Waals surface area contributed by atoms with Gasteiger partial charge in [0.15, 0.2) is 14.6 Å². The fraction of sp³-hybridized carbons (Fsp3) is 0.643. The zero-order valence-corrected chi connectivity index (χ0v) is 15.2. The fourth-order valence-corrected chi connectivity index (χ4v) is 5.31. The first-order chi connectivity index (χ1) is 10.3. The van der Waals surface area contributed by atoms with Gasteiger partial charge >= 0.3 is 0 Å². The largest absolute Gasteiger partial charge is 0.336 e. The number of carbonyl (C=O) groups is 1. The van der Waals surface area contributed by atoms with Crippen LogP contribution in [-0.2, 0) is 21.2 Å². The molecule has 22 heavy (non-hydrogen) atoms. The van der Waals surface area contributed by atoms with Crippen molar-refractivity contribution in [2.24, 2.45) is 0 Å². The fourth-order valence-electron chi connectivity index (χ4n) is 2.81. The Morgan fingerprint density at radius 3 is 2.50 bits per heavy atom. The summed E-state index contributed by atoms with van der Waals surface area (Å²) < 4.78 is 24.0. The summed E-state index contributed by atoms with van der Waals surface area (Å²) in [6.45, 7) is 3.82. The van der Waals surface area contributed by atoms with Gasteiger partial charge in [0, 0.05) is 17.7 Å². The van der Waals surface area contributed by atoms with Gasteiger partial charge in [-0.25, -0.2) is 8.42 Å². The van der Waals surface area contributed by atoms with E-state index in [9.17, 15) is 13.2 Å². The maximum atomic E-state index is 13.0. The smallest absolute Gasteiger partial charge is 0.244 e. The molecule has 0 atom stereocenters. The number of sulfone groups is 1. The zero-order valence-electron chi connectivity index (χ0n) is 12.8. The molecule has 0 bridgehead atoms. The van der Waals surface area contributed by atoms with Crippen molar-refractivity contribution < 1.29 is 13.2 Å². The molecule has 1 N–H and O–H groups in total. The van der Waals surface area contributed by atoms with Crippen LogP contribution in [0.15, 0.2) is 12.1 Å². The Morgan fingerprint density at radius 2 is 2.05 bits per heavy atom. The molecule has 1 fully saturated rings. The van der Waals surface area contributed by atoms with Gasteiger partial charge < -0.3 is 10.2 Å². The van der Waals surface area contributed by atoms with Crippen LogP contribution in [0.4, 0.5) is 0 Å². The first-order valence-electron chi connectivity index (χ1n) is 7.24. The number of halogens is 1. The third-order valence-corrected chi connectivity index (χ3v) is 7.37. The minimum Gasteiger partial charge on any atom is -0.336 e. The molecular formula is C14H21ClN2O3S2. The summed E-state index contributed by atoms with van der Waals surface area (Å²) in [5, 5.41) is 3.13. The third kappa shape index (κ3) is 3.48. The summed E-state index contributed by atoms with van der Waals surface area (Å²) in [7, 11) is -3.48. The normalized spacial score (nSPS) is 18.1. The Morgan fingerprint density at radius 1 is 1.41 bits per heavy atom. The number of rotatable bonds is 5. The predicted molar refractivity (Wildman–Crippen MR) is 90.1 cm³/mol. The molecule has 0 spiro atoms. The Bertz CT molecular complexity index is 636. The zero-order chi connectivity index (χ0) is 16.4. The van der Waals surface area contributed by atoms with E-state index in [1.165, 1.54) is 17.6 Å². The lowest BCUT2D eigenvalue weighted by molar-refractivity contribution is -0.135. The molecule has 2 heterocycles. The lowest BCUT2D eigenvalue weighted by Gasteiger charge is -2.38. The van der Waals surface area contributed by atoms with E-state index in [0.29, 0.717) is 43.4 Å². The Balaban J connectivity index is 2.28. The lowest BCUT2D eigenvalue weighted by Crippen LogP contribution is -2.58. The van der Waals surface area contributed by atoms with Crippen LogP contribution >= 0.6 is 22.9 Å². The Hall–Kier alpha value is -0.630. The van der Waals surface area contributed by atoms with Gasteiger partial charge in [-0.2, -0.15) is 0 Å². The van der Waals surface area contributed by atoms with Crippen LogP contribution < -0.4 is 5.32 Å². The van der Waals surface area contributed by atoms with E-state index in [0.717, 1.165) is 4.88 Å². The minimum atomic E-state index is -3.48. The average Bonchev–Trinajstić information content (AvgIpc) is 2.89. The number of nitrogens with one attached hydrogen (secondary N) is 1. The van der Waals surface area contributed by atoms with Crippen molar-refractivity contribution in [3.8, 4) is 0 Å². The van der Waals surface area contributed by atoms with Gasteiger partial charge in [0.1, 0.15) is 0 Å². The van der Waals surface area contributed by atoms with Gasteiger partial charge in [0.05, 0.1) is 10.9 Å². The Kier molecular flexibility index (Phi) is 5.53. The molecule has 2 rings (SSSR count). The molecular weight excluding hydrogens is 344 g/mol. The van der Waals surface area contributed by atoms with Crippen LogP contribution in [0, 0.1) is 0 Å². The molecule has 0 aromatic carbocycles. The highest BCUT2D eigenvalue weighted by molar-refractivity contribution is 7.92. The van der Waals surface area contributed by atoms with Gasteiger partial charge in [-0.15, -0.1) is 11.3 Å². The van der Waals surface area contributed by atoms with Gasteiger partial charge in [-0.1, -0.05) is 11.6 Å². The van der Waals surface area contributed by atoms with E-state index in [1.54, 1.807) is 11.0 Å². The van der Waals surface area contributed by atoms with E-state index < -0.39 is 14.6 Å². The van der Waals surface area contributed by atoms with Crippen LogP contribution in [0.5, 0.6) is 0 Å². The van der Waals surface area contributed by atoms with Crippen molar-refractivity contribution in [3.63, 3.8) is 0 Å². The van der Waals surface area contributed by atoms with E-state index in [2.05, 4.69) is 5.32 Å². The summed E-state index contributed by atoms with van der Waals surface area (Å²) in [5.74, 6) is -0.288. The second kappa shape index (κ2) is 6.86. The van der Waals surface area contributed by atoms with Crippen molar-refractivity contribution >= 4 is 38.7 Å². The first kappa shape index (κ1) is 17.7. The van der Waals surface area contributed by atoms with E-state index in [4.69, 9.17) is 11.6 Å². The van der Waals surface area contributed by atoms with Gasteiger partial charge in [0.2, 0.25) is 5.91 Å². The minimum absolute atomic E-state index is 0.288. The second-order valence-corrected chi connectivity index (χ2v) is 9.67. The van der Waals surface area contributed by atoms with E-state index >= 15 is 0 Å². The molecule has 1 aliphatic rings. The number of thiophene rings is 1. The average molecular weight is 365 g/mol. The van der Waals surface area contributed by atoms with Crippen molar-refractivity contribution in [2.45, 2.75) is 31.1 Å². The Labute approximate surface area is 140 Å². The molecule has 1 aromatic rings. The van der Waals surface area contributed by atoms with Crippen molar-refractivity contribution in [1.82, 2.24) is 10.2 Å². The molecule has 124 valence electrons. The molecule has 0 aliphatic carbocycles. The van der Waals surface area contributed by atoms with Crippen LogP contribution in [-0.4, -0.2) is 49.9 Å². The predicted octanol–water partition coefficient (Wildman–Crippen LogP) is 1.92. The lowest BCUT2D eigenvalue weighted by atomic mass is 9.95. The number of amides is 1. The number of piperidine rings is 1. The summed E-state index contributed by atoms with van der Waals surface area (Å²) >= 11 is 7.34. The summed E-state index contributed by atoms with van der Waals surface area (Å²) in [4.78, 5) is 15.6. The maximum Gasteiger partial charge on any atom is 0.244 e. The number of hydrogen-bond donors (Lipinski definition) is 1. The highest BCUT2D eigenvalue weighted by Crippen LogP contribution is 2.31. The summed E-state index contributed by atoms with van der Waals surface area (Å²) in [5.41, 5.74) is 0. The van der Waals surface area contributed by atoms with E-state index in [-0.39, 0.29) is 5.91 Å². The summed E-state index contributed by atoms with van der Waals surface area (Å²) in [6, 6.07) is 3.66. The molecule has 8 heteroatoms. The molecule has 1 amide bonds. The van der Waals surface area contributed by atoms with Gasteiger partial charge in [-0.05, 0) is 45.0 Å². The molecule has 1 saturated heterocycles. The van der Waals surface area contributed by atoms with Crippen molar-refractivity contribution in [2.75, 3.05) is 25.9 Å². The highest BCUT2D eigenvalue weighted by atomic mass is 35.5.